The van der Waals surface area contributed by atoms with Crippen molar-refractivity contribution in [2.24, 2.45) is 18.9 Å². The molecule has 44 heavy (non-hydrogen) atoms. The molecule has 3 aromatic rings. The van der Waals surface area contributed by atoms with Gasteiger partial charge in [-0.2, -0.15) is 0 Å². The van der Waals surface area contributed by atoms with E-state index in [2.05, 4.69) is 16.7 Å². The van der Waals surface area contributed by atoms with Crippen LogP contribution >= 0.6 is 0 Å². The van der Waals surface area contributed by atoms with Crippen LogP contribution in [0.5, 0.6) is 5.75 Å². The van der Waals surface area contributed by atoms with Crippen molar-refractivity contribution in [1.29, 1.82) is 0 Å². The smallest absolute Gasteiger partial charge is 0.352 e. The summed E-state index contributed by atoms with van der Waals surface area (Å²) in [6, 6.07) is 11.4. The molecule has 1 aliphatic carbocycles. The lowest BCUT2D eigenvalue weighted by Crippen LogP contribution is -2.63. The predicted octanol–water partition coefficient (Wildman–Crippen LogP) is 3.11. The van der Waals surface area contributed by atoms with E-state index in [1.165, 1.54) is 18.1 Å². The number of esters is 1. The van der Waals surface area contributed by atoms with Crippen molar-refractivity contribution in [1.82, 2.24) is 9.47 Å². The number of hydrogen-bond donors (Lipinski definition) is 2. The number of fused-ring (bicyclic) bond motifs is 4. The van der Waals surface area contributed by atoms with Crippen molar-refractivity contribution in [3.63, 3.8) is 0 Å². The van der Waals surface area contributed by atoms with Crippen LogP contribution in [0.25, 0.3) is 16.7 Å². The molecule has 1 saturated heterocycles. The molecule has 1 amide bonds. The second-order valence-electron chi connectivity index (χ2n) is 11.8. The summed E-state index contributed by atoms with van der Waals surface area (Å²) >= 11 is 0. The zero-order valence-electron chi connectivity index (χ0n) is 25.2. The maximum Gasteiger partial charge on any atom is 0.352 e. The molecule has 2 aromatic carbocycles. The number of aliphatic carboxylic acids is 1. The van der Waals surface area contributed by atoms with E-state index in [9.17, 15) is 24.6 Å². The average Bonchev–Trinajstić information content (AvgIpc) is 3.62. The number of carboxylic acids is 1. The number of aryl methyl sites for hydroxylation is 3. The first-order valence-electron chi connectivity index (χ1n) is 14.8. The van der Waals surface area contributed by atoms with Crippen LogP contribution in [0, 0.1) is 11.8 Å². The molecule has 1 aromatic heterocycles. The fourth-order valence-corrected chi connectivity index (χ4v) is 6.91. The molecule has 2 N–H and O–H groups in total. The molecule has 2 aliphatic heterocycles. The summed E-state index contributed by atoms with van der Waals surface area (Å²) in [4.78, 5) is 38.8. The average molecular weight is 599 g/mol. The third kappa shape index (κ3) is 4.89. The van der Waals surface area contributed by atoms with Gasteiger partial charge in [0.05, 0.1) is 38.8 Å². The minimum atomic E-state index is -1.19. The second-order valence-corrected chi connectivity index (χ2v) is 11.8. The molecule has 1 fully saturated rings. The number of nitrogens with zero attached hydrogens (tertiary/aromatic N) is 3. The number of hydrogen-bond acceptors (Lipinski definition) is 6. The van der Waals surface area contributed by atoms with Gasteiger partial charge in [-0.05, 0) is 53.7 Å². The fraction of sp³-hybridized carbons (Fsp3) is 0.353. The maximum atomic E-state index is 12.8. The molecule has 0 saturated carbocycles. The topological polar surface area (TPSA) is 122 Å². The number of ether oxygens (including phenoxy) is 2. The second kappa shape index (κ2) is 11.4. The maximum absolute atomic E-state index is 12.8. The standard InChI is InChI=1S/C34H35N3O7/c1-19-26(32(34(41)42)37-31(19)29(20(2)38)33(37)40)17-44-27-9-5-8-22-25(16-28(39)43-4)24-15-21(10-11-23(24)30(22)27)7-6-12-36-14-13-35(3)18-36/h5,8-11,13-16,18-20,29,31,38H,6-7,12,17H2,1-4H3/p+1/t19-,20?,29?,31?/m0/s1. The van der Waals surface area contributed by atoms with Crippen molar-refractivity contribution in [3.8, 4) is 16.9 Å². The molecule has 6 rings (SSSR count). The van der Waals surface area contributed by atoms with Crippen LogP contribution in [-0.2, 0) is 39.1 Å². The normalized spacial score (nSPS) is 21.6. The number of amides is 1. The highest BCUT2D eigenvalue weighted by Gasteiger charge is 2.59. The number of rotatable bonds is 10. The number of benzene rings is 2. The van der Waals surface area contributed by atoms with Gasteiger partial charge in [-0.25, -0.2) is 18.7 Å². The van der Waals surface area contributed by atoms with Crippen LogP contribution in [0.15, 0.2) is 72.5 Å². The van der Waals surface area contributed by atoms with Crippen molar-refractivity contribution < 1.29 is 38.6 Å². The van der Waals surface area contributed by atoms with E-state index in [0.717, 1.165) is 52.8 Å². The van der Waals surface area contributed by atoms with Crippen LogP contribution in [0.3, 0.4) is 0 Å². The first-order valence-corrected chi connectivity index (χ1v) is 14.8. The third-order valence-corrected chi connectivity index (χ3v) is 9.03. The highest BCUT2D eigenvalue weighted by Crippen LogP contribution is 2.50. The zero-order chi connectivity index (χ0) is 31.3. The van der Waals surface area contributed by atoms with Crippen molar-refractivity contribution in [2.75, 3.05) is 13.7 Å². The molecule has 10 nitrogen and oxygen atoms in total. The van der Waals surface area contributed by atoms with Gasteiger partial charge in [-0.3, -0.25) is 4.79 Å². The Kier molecular flexibility index (Phi) is 7.63. The number of imidazole rings is 1. The van der Waals surface area contributed by atoms with Gasteiger partial charge in [0.15, 0.2) is 0 Å². The predicted molar refractivity (Wildman–Crippen MR) is 160 cm³/mol. The van der Waals surface area contributed by atoms with E-state index in [1.54, 1.807) is 6.92 Å². The molecule has 0 spiro atoms. The number of carboxylic acid groups (broad SMARTS) is 1. The Hall–Kier alpha value is -4.70. The lowest BCUT2D eigenvalue weighted by atomic mass is 9.78. The van der Waals surface area contributed by atoms with Gasteiger partial charge in [0, 0.05) is 23.1 Å². The lowest BCUT2D eigenvalue weighted by molar-refractivity contribution is -0.671. The molecular formula is C34H36N3O7+. The number of aliphatic hydroxyl groups is 1. The van der Waals surface area contributed by atoms with E-state index in [-0.39, 0.29) is 24.1 Å². The molecule has 10 heteroatoms. The molecule has 0 radical (unpaired) electrons. The molecule has 3 heterocycles. The van der Waals surface area contributed by atoms with Crippen molar-refractivity contribution in [3.05, 3.63) is 89.2 Å². The number of carbonyl (C=O) groups is 3. The summed E-state index contributed by atoms with van der Waals surface area (Å²) in [5.41, 5.74) is 5.76. The molecule has 228 valence electrons. The van der Waals surface area contributed by atoms with Crippen LogP contribution in [0.1, 0.15) is 37.0 Å². The minimum Gasteiger partial charge on any atom is -0.488 e. The SMILES string of the molecule is COC(=O)C=C1c2cc(CCCn3cc[n+](C)c3)ccc2-c2c(OCC3=C(C(=O)O)N4C(=O)C(C(C)O)C4[C@H]3C)cccc21. The number of carbonyl (C=O) groups excluding carboxylic acids is 2. The van der Waals surface area contributed by atoms with Gasteiger partial charge < -0.3 is 24.6 Å². The highest BCUT2D eigenvalue weighted by atomic mass is 16.5. The summed E-state index contributed by atoms with van der Waals surface area (Å²) in [7, 11) is 3.34. The molecule has 3 aliphatic rings. The highest BCUT2D eigenvalue weighted by molar-refractivity contribution is 6.08. The summed E-state index contributed by atoms with van der Waals surface area (Å²) < 4.78 is 15.5. The van der Waals surface area contributed by atoms with Crippen molar-refractivity contribution in [2.45, 2.75) is 45.4 Å². The van der Waals surface area contributed by atoms with Crippen LogP contribution in [0.2, 0.25) is 0 Å². The molecular weight excluding hydrogens is 562 g/mol. The summed E-state index contributed by atoms with van der Waals surface area (Å²) in [5, 5.41) is 20.2. The molecule has 4 atom stereocenters. The molecule has 3 unspecified atom stereocenters. The van der Waals surface area contributed by atoms with E-state index < -0.39 is 30.0 Å². The Balaban J connectivity index is 1.30. The Morgan fingerprint density at radius 3 is 2.64 bits per heavy atom. The van der Waals surface area contributed by atoms with E-state index in [0.29, 0.717) is 11.3 Å². The largest absolute Gasteiger partial charge is 0.488 e. The van der Waals surface area contributed by atoms with Crippen LogP contribution < -0.4 is 9.30 Å². The number of aliphatic hydroxyl groups excluding tert-OH is 1. The first kappa shape index (κ1) is 29.4. The Morgan fingerprint density at radius 2 is 1.95 bits per heavy atom. The van der Waals surface area contributed by atoms with Gasteiger partial charge in [-0.15, -0.1) is 0 Å². The Bertz CT molecular complexity index is 1730. The molecule has 0 bridgehead atoms. The van der Waals surface area contributed by atoms with Gasteiger partial charge in [-0.1, -0.05) is 37.3 Å². The Labute approximate surface area is 255 Å². The Morgan fingerprint density at radius 1 is 1.16 bits per heavy atom. The van der Waals surface area contributed by atoms with Gasteiger partial charge in [0.25, 0.3) is 0 Å². The summed E-state index contributed by atoms with van der Waals surface area (Å²) in [5.74, 6) is -2.43. The van der Waals surface area contributed by atoms with Crippen molar-refractivity contribution >= 4 is 23.4 Å². The fourth-order valence-electron chi connectivity index (χ4n) is 6.91. The van der Waals surface area contributed by atoms with Gasteiger partial charge in [0.2, 0.25) is 12.2 Å². The van der Waals surface area contributed by atoms with E-state index in [1.807, 2.05) is 61.5 Å². The summed E-state index contributed by atoms with van der Waals surface area (Å²) in [6.45, 7) is 4.27. The van der Waals surface area contributed by atoms with Crippen LogP contribution in [0.4, 0.5) is 0 Å². The minimum absolute atomic E-state index is 0.0350. The third-order valence-electron chi connectivity index (χ3n) is 9.03. The summed E-state index contributed by atoms with van der Waals surface area (Å²) in [6.07, 6.45) is 8.52. The quantitative estimate of drug-likeness (QED) is 0.125. The lowest BCUT2D eigenvalue weighted by Gasteiger charge is -2.46. The van der Waals surface area contributed by atoms with Crippen LogP contribution in [-0.4, -0.2) is 63.4 Å². The monoisotopic (exact) mass is 598 g/mol. The van der Waals surface area contributed by atoms with E-state index >= 15 is 0 Å². The van der Waals surface area contributed by atoms with E-state index in [4.69, 9.17) is 9.47 Å². The number of aromatic nitrogens is 2. The number of β-lactam (4-membered cyclic amide) rings is 1. The number of methoxy groups -OCH3 is 1. The van der Waals surface area contributed by atoms with Gasteiger partial charge in [0.1, 0.15) is 30.4 Å². The zero-order valence-corrected chi connectivity index (χ0v) is 25.2. The first-order chi connectivity index (χ1) is 21.1. The van der Waals surface area contributed by atoms with Gasteiger partial charge >= 0.3 is 11.9 Å².